The fourth-order valence-corrected chi connectivity index (χ4v) is 3.30. The number of rotatable bonds is 5. The predicted octanol–water partition coefficient (Wildman–Crippen LogP) is 3.45. The van der Waals surface area contributed by atoms with Gasteiger partial charge >= 0.3 is 0 Å². The average Bonchev–Trinajstić information content (AvgIpc) is 3.30. The topological polar surface area (TPSA) is 24.5 Å². The van der Waals surface area contributed by atoms with Gasteiger partial charge in [-0.3, -0.25) is 0 Å². The first-order valence-corrected chi connectivity index (χ1v) is 8.34. The molecular formula is C17H25ClN2O. The molecule has 0 spiro atoms. The first-order chi connectivity index (χ1) is 10.2. The molecule has 1 aliphatic carbocycles. The molecule has 0 aromatic heterocycles. The largest absolute Gasteiger partial charge is 0.379 e. The minimum Gasteiger partial charge on any atom is -0.379 e. The summed E-state index contributed by atoms with van der Waals surface area (Å²) in [7, 11) is 1.82. The summed E-state index contributed by atoms with van der Waals surface area (Å²) in [4.78, 5) is 2.45. The highest BCUT2D eigenvalue weighted by Gasteiger charge is 2.27. The van der Waals surface area contributed by atoms with E-state index in [4.69, 9.17) is 16.3 Å². The summed E-state index contributed by atoms with van der Waals surface area (Å²) >= 11 is 6.19. The van der Waals surface area contributed by atoms with E-state index in [1.807, 2.05) is 13.2 Å². The molecule has 3 nitrogen and oxygen atoms in total. The molecule has 1 aliphatic heterocycles. The van der Waals surface area contributed by atoms with Gasteiger partial charge in [-0.2, -0.15) is 0 Å². The van der Waals surface area contributed by atoms with E-state index in [2.05, 4.69) is 29.3 Å². The monoisotopic (exact) mass is 308 g/mol. The average molecular weight is 309 g/mol. The van der Waals surface area contributed by atoms with E-state index in [1.165, 1.54) is 30.5 Å². The first-order valence-electron chi connectivity index (χ1n) is 7.97. The van der Waals surface area contributed by atoms with E-state index < -0.39 is 0 Å². The maximum absolute atomic E-state index is 6.19. The van der Waals surface area contributed by atoms with Crippen molar-refractivity contribution < 1.29 is 4.74 Å². The zero-order valence-corrected chi connectivity index (χ0v) is 13.7. The van der Waals surface area contributed by atoms with Crippen LogP contribution < -0.4 is 10.2 Å². The lowest BCUT2D eigenvalue weighted by Gasteiger charge is -2.38. The molecular weight excluding hydrogens is 284 g/mol. The van der Waals surface area contributed by atoms with Crippen molar-refractivity contribution in [3.63, 3.8) is 0 Å². The molecule has 2 aliphatic rings. The quantitative estimate of drug-likeness (QED) is 0.901. The number of halogens is 1. The van der Waals surface area contributed by atoms with E-state index in [9.17, 15) is 0 Å². The van der Waals surface area contributed by atoms with Crippen LogP contribution in [0.25, 0.3) is 0 Å². The van der Waals surface area contributed by atoms with Crippen LogP contribution in [0.5, 0.6) is 0 Å². The normalized spacial score (nSPS) is 26.1. The van der Waals surface area contributed by atoms with Gasteiger partial charge in [0.1, 0.15) is 0 Å². The Hall–Kier alpha value is -0.770. The Kier molecular flexibility index (Phi) is 4.72. The summed E-state index contributed by atoms with van der Waals surface area (Å²) < 4.78 is 5.64. The van der Waals surface area contributed by atoms with Crippen molar-refractivity contribution in [3.05, 3.63) is 28.8 Å². The summed E-state index contributed by atoms with van der Waals surface area (Å²) in [6.07, 6.45) is 4.11. The van der Waals surface area contributed by atoms with Crippen molar-refractivity contribution in [2.24, 2.45) is 5.92 Å². The van der Waals surface area contributed by atoms with Crippen LogP contribution in [-0.4, -0.2) is 32.3 Å². The Morgan fingerprint density at radius 2 is 2.14 bits per heavy atom. The van der Waals surface area contributed by atoms with Crippen LogP contribution >= 0.6 is 11.6 Å². The van der Waals surface area contributed by atoms with E-state index >= 15 is 0 Å². The van der Waals surface area contributed by atoms with E-state index in [0.29, 0.717) is 18.1 Å². The van der Waals surface area contributed by atoms with Crippen LogP contribution in [-0.2, 0) is 11.3 Å². The van der Waals surface area contributed by atoms with Crippen LogP contribution in [0, 0.1) is 5.92 Å². The molecule has 2 fully saturated rings. The fraction of sp³-hybridized carbons (Fsp3) is 0.647. The van der Waals surface area contributed by atoms with Gasteiger partial charge in [-0.05, 0) is 48.9 Å². The number of hydrogen-bond acceptors (Lipinski definition) is 3. The summed E-state index contributed by atoms with van der Waals surface area (Å²) in [6.45, 7) is 5.25. The third kappa shape index (κ3) is 3.71. The highest BCUT2D eigenvalue weighted by molar-refractivity contribution is 6.30. The third-order valence-corrected chi connectivity index (χ3v) is 4.97. The molecule has 2 atom stereocenters. The zero-order chi connectivity index (χ0) is 14.8. The molecule has 21 heavy (non-hydrogen) atoms. The fourth-order valence-electron chi connectivity index (χ4n) is 3.11. The van der Waals surface area contributed by atoms with E-state index in [0.717, 1.165) is 24.7 Å². The second-order valence-electron chi connectivity index (χ2n) is 6.41. The SMILES string of the molecule is COC1CN(c2ccc(Cl)cc2CNC2CC2)CCC1C. The maximum atomic E-state index is 6.19. The number of ether oxygens (including phenoxy) is 1. The molecule has 2 unspecified atom stereocenters. The van der Waals surface area contributed by atoms with Crippen LogP contribution in [0.1, 0.15) is 31.7 Å². The highest BCUT2D eigenvalue weighted by Crippen LogP contribution is 2.30. The third-order valence-electron chi connectivity index (χ3n) is 4.73. The van der Waals surface area contributed by atoms with Crippen LogP contribution in [0.15, 0.2) is 18.2 Å². The Balaban J connectivity index is 1.76. The lowest BCUT2D eigenvalue weighted by atomic mass is 9.95. The van der Waals surface area contributed by atoms with Gasteiger partial charge in [0.25, 0.3) is 0 Å². The summed E-state index contributed by atoms with van der Waals surface area (Å²) in [6, 6.07) is 6.98. The standard InChI is InChI=1S/C17H25ClN2O/c1-12-7-8-20(11-17(12)21-2)16-6-3-14(18)9-13(16)10-19-15-4-5-15/h3,6,9,12,15,17,19H,4-5,7-8,10-11H2,1-2H3. The lowest BCUT2D eigenvalue weighted by Crippen LogP contribution is -2.44. The van der Waals surface area contributed by atoms with Crippen LogP contribution in [0.4, 0.5) is 5.69 Å². The van der Waals surface area contributed by atoms with E-state index in [-0.39, 0.29) is 0 Å². The Labute approximate surface area is 132 Å². The van der Waals surface area contributed by atoms with Gasteiger partial charge in [-0.1, -0.05) is 18.5 Å². The molecule has 0 amide bonds. The molecule has 0 bridgehead atoms. The molecule has 1 aromatic rings. The summed E-state index contributed by atoms with van der Waals surface area (Å²) in [5.41, 5.74) is 2.61. The molecule has 4 heteroatoms. The van der Waals surface area contributed by atoms with Crippen LogP contribution in [0.2, 0.25) is 5.02 Å². The number of methoxy groups -OCH3 is 1. The molecule has 1 N–H and O–H groups in total. The molecule has 116 valence electrons. The van der Waals surface area contributed by atoms with Gasteiger partial charge in [0.05, 0.1) is 6.10 Å². The van der Waals surface area contributed by atoms with Crippen molar-refractivity contribution in [2.45, 2.75) is 44.9 Å². The second-order valence-corrected chi connectivity index (χ2v) is 6.85. The molecule has 1 saturated heterocycles. The zero-order valence-electron chi connectivity index (χ0n) is 12.9. The summed E-state index contributed by atoms with van der Waals surface area (Å²) in [5.74, 6) is 0.631. The van der Waals surface area contributed by atoms with Crippen molar-refractivity contribution in [1.29, 1.82) is 0 Å². The van der Waals surface area contributed by atoms with Gasteiger partial charge < -0.3 is 15.0 Å². The van der Waals surface area contributed by atoms with Crippen LogP contribution in [0.3, 0.4) is 0 Å². The molecule has 3 rings (SSSR count). The van der Waals surface area contributed by atoms with Crippen molar-refractivity contribution in [3.8, 4) is 0 Å². The smallest absolute Gasteiger partial charge is 0.0772 e. The molecule has 1 aromatic carbocycles. The minimum atomic E-state index is 0.318. The highest BCUT2D eigenvalue weighted by atomic mass is 35.5. The summed E-state index contributed by atoms with van der Waals surface area (Å²) in [5, 5.41) is 4.42. The number of benzene rings is 1. The van der Waals surface area contributed by atoms with Gasteiger partial charge in [0, 0.05) is 43.5 Å². The van der Waals surface area contributed by atoms with Crippen molar-refractivity contribution in [1.82, 2.24) is 5.32 Å². The molecule has 1 saturated carbocycles. The number of hydrogen-bond donors (Lipinski definition) is 1. The Morgan fingerprint density at radius 1 is 1.33 bits per heavy atom. The van der Waals surface area contributed by atoms with E-state index in [1.54, 1.807) is 0 Å². The number of nitrogens with one attached hydrogen (secondary N) is 1. The lowest BCUT2D eigenvalue weighted by molar-refractivity contribution is 0.0498. The predicted molar refractivity (Wildman–Crippen MR) is 88.1 cm³/mol. The maximum Gasteiger partial charge on any atom is 0.0772 e. The Bertz CT molecular complexity index is 490. The van der Waals surface area contributed by atoms with Crippen molar-refractivity contribution in [2.75, 3.05) is 25.1 Å². The molecule has 0 radical (unpaired) electrons. The van der Waals surface area contributed by atoms with Crippen molar-refractivity contribution >= 4 is 17.3 Å². The Morgan fingerprint density at radius 3 is 2.86 bits per heavy atom. The van der Waals surface area contributed by atoms with Gasteiger partial charge in [0.2, 0.25) is 0 Å². The number of nitrogens with zero attached hydrogens (tertiary/aromatic N) is 1. The number of anilines is 1. The van der Waals surface area contributed by atoms with Gasteiger partial charge in [-0.25, -0.2) is 0 Å². The number of piperidine rings is 1. The minimum absolute atomic E-state index is 0.318. The van der Waals surface area contributed by atoms with Gasteiger partial charge in [-0.15, -0.1) is 0 Å². The molecule has 1 heterocycles. The first kappa shape index (κ1) is 15.1. The van der Waals surface area contributed by atoms with Gasteiger partial charge in [0.15, 0.2) is 0 Å². The second kappa shape index (κ2) is 6.55.